The van der Waals surface area contributed by atoms with Gasteiger partial charge in [-0.25, -0.2) is 0 Å². The maximum absolute atomic E-state index is 11.5. The summed E-state index contributed by atoms with van der Waals surface area (Å²) in [5.74, 6) is 0.558. The summed E-state index contributed by atoms with van der Waals surface area (Å²) in [5, 5.41) is 5.88. The van der Waals surface area contributed by atoms with Crippen molar-refractivity contribution >= 4 is 5.91 Å². The van der Waals surface area contributed by atoms with Crippen LogP contribution in [0.25, 0.3) is 0 Å². The third-order valence-corrected chi connectivity index (χ3v) is 3.11. The summed E-state index contributed by atoms with van der Waals surface area (Å²) in [6, 6.07) is -0.118. The molecule has 88 valence electrons. The Balaban J connectivity index is 2.27. The lowest BCUT2D eigenvalue weighted by molar-refractivity contribution is -0.122. The lowest BCUT2D eigenvalue weighted by atomic mass is 9.99. The molecular formula is C11H22N2O2. The first kappa shape index (κ1) is 12.5. The smallest absolute Gasteiger partial charge is 0.236 e. The highest BCUT2D eigenvalue weighted by Crippen LogP contribution is 2.22. The molecule has 0 radical (unpaired) electrons. The number of nitrogens with one attached hydrogen (secondary N) is 2. The number of rotatable bonds is 5. The maximum atomic E-state index is 11.5. The van der Waals surface area contributed by atoms with Crippen molar-refractivity contribution in [1.82, 2.24) is 10.6 Å². The van der Waals surface area contributed by atoms with Crippen LogP contribution in [0.1, 0.15) is 26.7 Å². The van der Waals surface area contributed by atoms with E-state index in [9.17, 15) is 4.79 Å². The molecule has 1 saturated heterocycles. The Hall–Kier alpha value is -0.610. The molecule has 1 fully saturated rings. The van der Waals surface area contributed by atoms with Crippen LogP contribution in [0.3, 0.4) is 0 Å². The molecule has 4 nitrogen and oxygen atoms in total. The minimum Gasteiger partial charge on any atom is -0.378 e. The number of hydrogen-bond acceptors (Lipinski definition) is 3. The van der Waals surface area contributed by atoms with Gasteiger partial charge in [0, 0.05) is 19.1 Å². The number of carbonyl (C=O) groups is 1. The standard InChI is InChI=1S/C11H22N2O2/c1-4-10-9(5-6-15-10)7-13-11(14)8(2)12-3/h8-10,12H,4-7H2,1-3H3,(H,13,14). The fourth-order valence-corrected chi connectivity index (χ4v) is 1.89. The van der Waals surface area contributed by atoms with E-state index >= 15 is 0 Å². The minimum atomic E-state index is -0.118. The van der Waals surface area contributed by atoms with Crippen molar-refractivity contribution in [2.45, 2.75) is 38.8 Å². The molecular weight excluding hydrogens is 192 g/mol. The van der Waals surface area contributed by atoms with Gasteiger partial charge in [-0.3, -0.25) is 4.79 Å². The molecule has 0 spiro atoms. The largest absolute Gasteiger partial charge is 0.378 e. The molecule has 3 unspecified atom stereocenters. The van der Waals surface area contributed by atoms with Gasteiger partial charge in [-0.2, -0.15) is 0 Å². The predicted molar refractivity (Wildman–Crippen MR) is 59.7 cm³/mol. The van der Waals surface area contributed by atoms with Gasteiger partial charge >= 0.3 is 0 Å². The molecule has 0 aromatic carbocycles. The Morgan fingerprint density at radius 1 is 1.60 bits per heavy atom. The first-order valence-electron chi connectivity index (χ1n) is 5.75. The first-order chi connectivity index (χ1) is 7.19. The van der Waals surface area contributed by atoms with Crippen molar-refractivity contribution in [3.63, 3.8) is 0 Å². The third-order valence-electron chi connectivity index (χ3n) is 3.11. The number of amides is 1. The Bertz CT molecular complexity index is 209. The second-order valence-electron chi connectivity index (χ2n) is 4.12. The monoisotopic (exact) mass is 214 g/mol. The van der Waals surface area contributed by atoms with Crippen LogP contribution < -0.4 is 10.6 Å². The lowest BCUT2D eigenvalue weighted by Gasteiger charge is -2.18. The number of hydrogen-bond donors (Lipinski definition) is 2. The van der Waals surface area contributed by atoms with Gasteiger partial charge in [0.2, 0.25) is 5.91 Å². The van der Waals surface area contributed by atoms with Crippen LogP contribution in [0.2, 0.25) is 0 Å². The van der Waals surface area contributed by atoms with E-state index in [1.807, 2.05) is 6.92 Å². The molecule has 0 saturated carbocycles. The molecule has 1 amide bonds. The van der Waals surface area contributed by atoms with E-state index in [1.54, 1.807) is 7.05 Å². The molecule has 15 heavy (non-hydrogen) atoms. The van der Waals surface area contributed by atoms with Crippen LogP contribution in [0.5, 0.6) is 0 Å². The summed E-state index contributed by atoms with van der Waals surface area (Å²) in [5.41, 5.74) is 0. The van der Waals surface area contributed by atoms with E-state index in [2.05, 4.69) is 17.6 Å². The number of likely N-dealkylation sites (N-methyl/N-ethyl adjacent to an activating group) is 1. The zero-order valence-electron chi connectivity index (χ0n) is 9.88. The van der Waals surface area contributed by atoms with Crippen molar-refractivity contribution in [3.05, 3.63) is 0 Å². The second kappa shape index (κ2) is 6.08. The van der Waals surface area contributed by atoms with Gasteiger partial charge < -0.3 is 15.4 Å². The van der Waals surface area contributed by atoms with Crippen LogP contribution >= 0.6 is 0 Å². The normalized spacial score (nSPS) is 27.7. The maximum Gasteiger partial charge on any atom is 0.236 e. The van der Waals surface area contributed by atoms with E-state index < -0.39 is 0 Å². The van der Waals surface area contributed by atoms with Gasteiger partial charge in [0.15, 0.2) is 0 Å². The summed E-state index contributed by atoms with van der Waals surface area (Å²) in [6.45, 7) is 5.56. The Morgan fingerprint density at radius 2 is 2.33 bits per heavy atom. The van der Waals surface area contributed by atoms with Gasteiger partial charge in [-0.15, -0.1) is 0 Å². The third kappa shape index (κ3) is 3.47. The molecule has 2 N–H and O–H groups in total. The van der Waals surface area contributed by atoms with Crippen molar-refractivity contribution in [1.29, 1.82) is 0 Å². The molecule has 0 aliphatic carbocycles. The second-order valence-corrected chi connectivity index (χ2v) is 4.12. The summed E-state index contributed by atoms with van der Waals surface area (Å²) >= 11 is 0. The average molecular weight is 214 g/mol. The van der Waals surface area contributed by atoms with Gasteiger partial charge in [-0.05, 0) is 26.8 Å². The summed E-state index contributed by atoms with van der Waals surface area (Å²) in [6.07, 6.45) is 2.42. The SMILES string of the molecule is CCC1OCCC1CNC(=O)C(C)NC. The van der Waals surface area contributed by atoms with Crippen molar-refractivity contribution < 1.29 is 9.53 Å². The molecule has 0 bridgehead atoms. The van der Waals surface area contributed by atoms with Crippen LogP contribution in [0.15, 0.2) is 0 Å². The summed E-state index contributed by atoms with van der Waals surface area (Å²) in [4.78, 5) is 11.5. The molecule has 0 aromatic heterocycles. The number of ether oxygens (including phenoxy) is 1. The molecule has 1 heterocycles. The Labute approximate surface area is 91.8 Å². The quantitative estimate of drug-likeness (QED) is 0.701. The fourth-order valence-electron chi connectivity index (χ4n) is 1.89. The topological polar surface area (TPSA) is 50.4 Å². The summed E-state index contributed by atoms with van der Waals surface area (Å²) < 4.78 is 5.57. The van der Waals surface area contributed by atoms with E-state index in [0.29, 0.717) is 12.0 Å². The van der Waals surface area contributed by atoms with Gasteiger partial charge in [-0.1, -0.05) is 6.92 Å². The van der Waals surface area contributed by atoms with Crippen LogP contribution in [-0.4, -0.2) is 38.3 Å². The van der Waals surface area contributed by atoms with Gasteiger partial charge in [0.05, 0.1) is 12.1 Å². The molecule has 1 aliphatic heterocycles. The average Bonchev–Trinajstić information content (AvgIpc) is 2.71. The fraction of sp³-hybridized carbons (Fsp3) is 0.909. The van der Waals surface area contributed by atoms with Gasteiger partial charge in [0.1, 0.15) is 0 Å². The zero-order chi connectivity index (χ0) is 11.3. The zero-order valence-corrected chi connectivity index (χ0v) is 9.88. The molecule has 0 aromatic rings. The molecule has 4 heteroatoms. The lowest BCUT2D eigenvalue weighted by Crippen LogP contribution is -2.43. The van der Waals surface area contributed by atoms with Crippen molar-refractivity contribution in [2.75, 3.05) is 20.2 Å². The van der Waals surface area contributed by atoms with Gasteiger partial charge in [0.25, 0.3) is 0 Å². The van der Waals surface area contributed by atoms with Crippen molar-refractivity contribution in [2.24, 2.45) is 5.92 Å². The Morgan fingerprint density at radius 3 is 2.93 bits per heavy atom. The highest BCUT2D eigenvalue weighted by molar-refractivity contribution is 5.81. The molecule has 1 rings (SSSR count). The Kier molecular flexibility index (Phi) is 5.05. The van der Waals surface area contributed by atoms with E-state index in [4.69, 9.17) is 4.74 Å². The first-order valence-corrected chi connectivity index (χ1v) is 5.75. The highest BCUT2D eigenvalue weighted by Gasteiger charge is 2.27. The summed E-state index contributed by atoms with van der Waals surface area (Å²) in [7, 11) is 1.79. The van der Waals surface area contributed by atoms with E-state index in [0.717, 1.165) is 26.0 Å². The highest BCUT2D eigenvalue weighted by atomic mass is 16.5. The van der Waals surface area contributed by atoms with Crippen LogP contribution in [0.4, 0.5) is 0 Å². The molecule has 3 atom stereocenters. The van der Waals surface area contributed by atoms with Crippen molar-refractivity contribution in [3.8, 4) is 0 Å². The molecule has 1 aliphatic rings. The minimum absolute atomic E-state index is 0.0688. The van der Waals surface area contributed by atoms with E-state index in [1.165, 1.54) is 0 Å². The van der Waals surface area contributed by atoms with Crippen LogP contribution in [0, 0.1) is 5.92 Å². The van der Waals surface area contributed by atoms with Crippen LogP contribution in [-0.2, 0) is 9.53 Å². The van der Waals surface area contributed by atoms with E-state index in [-0.39, 0.29) is 11.9 Å². The predicted octanol–water partition coefficient (Wildman–Crippen LogP) is 0.526. The number of carbonyl (C=O) groups excluding carboxylic acids is 1.